The van der Waals surface area contributed by atoms with E-state index in [1.165, 1.54) is 12.8 Å². The van der Waals surface area contributed by atoms with E-state index in [4.69, 9.17) is 5.11 Å². The smallest absolute Gasteiger partial charge is 0.407 e. The molecule has 0 saturated carbocycles. The number of likely N-dealkylation sites (tertiary alicyclic amines) is 1. The van der Waals surface area contributed by atoms with Gasteiger partial charge in [-0.25, -0.2) is 4.79 Å². The Balaban J connectivity index is 2.02. The molecular weight excluding hydrogens is 180 g/mol. The van der Waals surface area contributed by atoms with Crippen molar-refractivity contribution in [2.24, 2.45) is 0 Å². The van der Waals surface area contributed by atoms with Gasteiger partial charge in [0.2, 0.25) is 0 Å². The quantitative estimate of drug-likeness (QED) is 0.667. The average molecular weight is 198 g/mol. The first-order valence-corrected chi connectivity index (χ1v) is 5.38. The lowest BCUT2D eigenvalue weighted by atomic mass is 9.78. The number of piperidine rings is 1. The summed E-state index contributed by atoms with van der Waals surface area (Å²) in [6.45, 7) is 3.89. The predicted molar refractivity (Wildman–Crippen MR) is 53.4 cm³/mol. The van der Waals surface area contributed by atoms with Crippen LogP contribution in [0.3, 0.4) is 0 Å². The Labute approximate surface area is 84.3 Å². The largest absolute Gasteiger partial charge is 0.465 e. The lowest BCUT2D eigenvalue weighted by molar-refractivity contribution is 0.0159. The highest BCUT2D eigenvalue weighted by Gasteiger charge is 2.45. The average Bonchev–Trinajstić information content (AvgIpc) is 2.00. The van der Waals surface area contributed by atoms with Crippen molar-refractivity contribution >= 4 is 6.09 Å². The summed E-state index contributed by atoms with van der Waals surface area (Å²) in [5.74, 6) is 0. The van der Waals surface area contributed by atoms with Gasteiger partial charge in [-0.1, -0.05) is 6.42 Å². The van der Waals surface area contributed by atoms with Crippen LogP contribution in [0, 0.1) is 0 Å². The van der Waals surface area contributed by atoms with Gasteiger partial charge in [-0.2, -0.15) is 0 Å². The fourth-order valence-electron chi connectivity index (χ4n) is 2.64. The third-order valence-corrected chi connectivity index (χ3v) is 3.65. The molecule has 2 aliphatic rings. The van der Waals surface area contributed by atoms with E-state index in [0.717, 1.165) is 19.4 Å². The van der Waals surface area contributed by atoms with Crippen LogP contribution in [0.2, 0.25) is 0 Å². The van der Waals surface area contributed by atoms with E-state index in [1.807, 2.05) is 0 Å². The van der Waals surface area contributed by atoms with Crippen molar-refractivity contribution in [2.45, 2.75) is 44.2 Å². The van der Waals surface area contributed by atoms with Gasteiger partial charge >= 0.3 is 6.09 Å². The SMILES string of the molecule is CC1(C2CCN2C(=O)O)CCCCN1. The van der Waals surface area contributed by atoms with Gasteiger partial charge in [-0.05, 0) is 32.7 Å². The Kier molecular flexibility index (Phi) is 2.39. The number of carbonyl (C=O) groups is 1. The van der Waals surface area contributed by atoms with Crippen molar-refractivity contribution in [1.82, 2.24) is 10.2 Å². The first kappa shape index (κ1) is 9.77. The Morgan fingerprint density at radius 1 is 1.57 bits per heavy atom. The molecule has 4 nitrogen and oxygen atoms in total. The van der Waals surface area contributed by atoms with Gasteiger partial charge < -0.3 is 15.3 Å². The molecule has 1 amide bonds. The topological polar surface area (TPSA) is 52.6 Å². The van der Waals surface area contributed by atoms with Crippen LogP contribution in [-0.2, 0) is 0 Å². The van der Waals surface area contributed by atoms with Crippen LogP contribution in [-0.4, -0.2) is 40.8 Å². The molecule has 0 aromatic rings. The zero-order chi connectivity index (χ0) is 10.2. The van der Waals surface area contributed by atoms with E-state index in [0.29, 0.717) is 6.54 Å². The Hall–Kier alpha value is -0.770. The van der Waals surface area contributed by atoms with Crippen LogP contribution < -0.4 is 5.32 Å². The molecule has 0 aromatic heterocycles. The molecule has 0 aromatic carbocycles. The van der Waals surface area contributed by atoms with Crippen molar-refractivity contribution in [3.8, 4) is 0 Å². The second-order valence-electron chi connectivity index (χ2n) is 4.58. The molecule has 2 N–H and O–H groups in total. The summed E-state index contributed by atoms with van der Waals surface area (Å²) in [5.41, 5.74) is 0.0227. The fraction of sp³-hybridized carbons (Fsp3) is 0.900. The molecule has 2 saturated heterocycles. The highest BCUT2D eigenvalue weighted by atomic mass is 16.4. The molecule has 2 atom stereocenters. The maximum absolute atomic E-state index is 10.9. The summed E-state index contributed by atoms with van der Waals surface area (Å²) >= 11 is 0. The van der Waals surface area contributed by atoms with E-state index in [1.54, 1.807) is 4.90 Å². The summed E-state index contributed by atoms with van der Waals surface area (Å²) in [4.78, 5) is 12.4. The molecule has 2 fully saturated rings. The minimum atomic E-state index is -0.769. The third kappa shape index (κ3) is 1.47. The highest BCUT2D eigenvalue weighted by Crippen LogP contribution is 2.33. The summed E-state index contributed by atoms with van der Waals surface area (Å²) in [6, 6.07) is 0.195. The number of hydrogen-bond acceptors (Lipinski definition) is 2. The number of carboxylic acid groups (broad SMARTS) is 1. The molecule has 4 heteroatoms. The Morgan fingerprint density at radius 3 is 2.79 bits per heavy atom. The molecule has 2 unspecified atom stereocenters. The molecule has 14 heavy (non-hydrogen) atoms. The van der Waals surface area contributed by atoms with Crippen molar-refractivity contribution in [3.05, 3.63) is 0 Å². The van der Waals surface area contributed by atoms with Crippen LogP contribution in [0.4, 0.5) is 4.79 Å². The first-order chi connectivity index (χ1) is 6.63. The Morgan fingerprint density at radius 2 is 2.36 bits per heavy atom. The number of amides is 1. The molecule has 2 heterocycles. The lowest BCUT2D eigenvalue weighted by Crippen LogP contribution is -2.67. The highest BCUT2D eigenvalue weighted by molar-refractivity contribution is 5.66. The normalized spacial score (nSPS) is 37.8. The standard InChI is InChI=1S/C10H18N2O2/c1-10(5-2-3-6-11-10)8-4-7-12(8)9(13)14/h8,11H,2-7H2,1H3,(H,13,14). The molecule has 0 bridgehead atoms. The molecular formula is C10H18N2O2. The molecule has 2 rings (SSSR count). The van der Waals surface area contributed by atoms with Gasteiger partial charge in [0.05, 0.1) is 6.04 Å². The summed E-state index contributed by atoms with van der Waals surface area (Å²) in [5, 5.41) is 12.4. The number of nitrogens with zero attached hydrogens (tertiary/aromatic N) is 1. The molecule has 2 aliphatic heterocycles. The number of hydrogen-bond donors (Lipinski definition) is 2. The van der Waals surface area contributed by atoms with Crippen molar-refractivity contribution in [1.29, 1.82) is 0 Å². The maximum atomic E-state index is 10.9. The van der Waals surface area contributed by atoms with Crippen molar-refractivity contribution < 1.29 is 9.90 Å². The van der Waals surface area contributed by atoms with Crippen LogP contribution in [0.5, 0.6) is 0 Å². The van der Waals surface area contributed by atoms with Crippen molar-refractivity contribution in [3.63, 3.8) is 0 Å². The predicted octanol–water partition coefficient (Wildman–Crippen LogP) is 1.27. The van der Waals surface area contributed by atoms with Crippen LogP contribution in [0.1, 0.15) is 32.6 Å². The number of rotatable bonds is 1. The first-order valence-electron chi connectivity index (χ1n) is 5.38. The molecule has 0 aliphatic carbocycles. The minimum Gasteiger partial charge on any atom is -0.465 e. The summed E-state index contributed by atoms with van der Waals surface area (Å²) in [6.07, 6.45) is 3.77. The lowest BCUT2D eigenvalue weighted by Gasteiger charge is -2.51. The van der Waals surface area contributed by atoms with E-state index >= 15 is 0 Å². The zero-order valence-corrected chi connectivity index (χ0v) is 8.62. The van der Waals surface area contributed by atoms with Gasteiger partial charge in [0.15, 0.2) is 0 Å². The Bertz CT molecular complexity index is 236. The van der Waals surface area contributed by atoms with Crippen LogP contribution in [0.15, 0.2) is 0 Å². The fourth-order valence-corrected chi connectivity index (χ4v) is 2.64. The van der Waals surface area contributed by atoms with Crippen LogP contribution in [0.25, 0.3) is 0 Å². The van der Waals surface area contributed by atoms with Crippen LogP contribution >= 0.6 is 0 Å². The minimum absolute atomic E-state index is 0.0227. The van der Waals surface area contributed by atoms with E-state index in [-0.39, 0.29) is 11.6 Å². The summed E-state index contributed by atoms with van der Waals surface area (Å²) < 4.78 is 0. The van der Waals surface area contributed by atoms with E-state index in [2.05, 4.69) is 12.2 Å². The zero-order valence-electron chi connectivity index (χ0n) is 8.62. The second-order valence-corrected chi connectivity index (χ2v) is 4.58. The second kappa shape index (κ2) is 3.42. The van der Waals surface area contributed by atoms with Gasteiger partial charge in [-0.15, -0.1) is 0 Å². The van der Waals surface area contributed by atoms with E-state index in [9.17, 15) is 4.79 Å². The number of nitrogens with one attached hydrogen (secondary N) is 1. The monoisotopic (exact) mass is 198 g/mol. The third-order valence-electron chi connectivity index (χ3n) is 3.65. The van der Waals surface area contributed by atoms with Gasteiger partial charge in [0, 0.05) is 12.1 Å². The molecule has 0 radical (unpaired) electrons. The van der Waals surface area contributed by atoms with Gasteiger partial charge in [0.25, 0.3) is 0 Å². The molecule has 80 valence electrons. The maximum Gasteiger partial charge on any atom is 0.407 e. The van der Waals surface area contributed by atoms with Gasteiger partial charge in [0.1, 0.15) is 0 Å². The molecule has 0 spiro atoms. The summed E-state index contributed by atoms with van der Waals surface area (Å²) in [7, 11) is 0. The van der Waals surface area contributed by atoms with E-state index < -0.39 is 6.09 Å². The van der Waals surface area contributed by atoms with Crippen molar-refractivity contribution in [2.75, 3.05) is 13.1 Å². The van der Waals surface area contributed by atoms with Gasteiger partial charge in [-0.3, -0.25) is 0 Å².